The van der Waals surface area contributed by atoms with E-state index in [4.69, 9.17) is 0 Å². The summed E-state index contributed by atoms with van der Waals surface area (Å²) >= 11 is 0. The lowest BCUT2D eigenvalue weighted by atomic mass is 10.0. The summed E-state index contributed by atoms with van der Waals surface area (Å²) in [6, 6.07) is 13.4. The van der Waals surface area contributed by atoms with Gasteiger partial charge in [-0.3, -0.25) is 9.59 Å². The van der Waals surface area contributed by atoms with E-state index in [9.17, 15) is 9.59 Å². The van der Waals surface area contributed by atoms with E-state index in [1.807, 2.05) is 61.5 Å². The first-order valence-electron chi connectivity index (χ1n) is 8.00. The van der Waals surface area contributed by atoms with Crippen LogP contribution in [0.1, 0.15) is 27.9 Å². The van der Waals surface area contributed by atoms with Crippen LogP contribution in [0.2, 0.25) is 0 Å². The third-order valence-corrected chi connectivity index (χ3v) is 4.14. The minimum atomic E-state index is -0.0928. The van der Waals surface area contributed by atoms with Gasteiger partial charge < -0.3 is 15.5 Å². The van der Waals surface area contributed by atoms with Crippen molar-refractivity contribution >= 4 is 23.2 Å². The number of fused-ring (bicyclic) bond motifs is 1. The average molecular weight is 323 g/mol. The van der Waals surface area contributed by atoms with E-state index in [1.54, 1.807) is 0 Å². The zero-order chi connectivity index (χ0) is 17.1. The Bertz CT molecular complexity index is 784. The highest BCUT2D eigenvalue weighted by atomic mass is 16.2. The van der Waals surface area contributed by atoms with E-state index in [0.29, 0.717) is 18.5 Å². The predicted octanol–water partition coefficient (Wildman–Crippen LogP) is 2.57. The molecule has 0 radical (unpaired) electrons. The van der Waals surface area contributed by atoms with Crippen LogP contribution in [-0.2, 0) is 17.8 Å². The molecule has 2 N–H and O–H groups in total. The number of rotatable bonds is 4. The molecular weight excluding hydrogens is 302 g/mol. The summed E-state index contributed by atoms with van der Waals surface area (Å²) in [4.78, 5) is 25.7. The Kier molecular flexibility index (Phi) is 4.51. The molecule has 1 aliphatic rings. The lowest BCUT2D eigenvalue weighted by molar-refractivity contribution is -0.116. The van der Waals surface area contributed by atoms with Crippen LogP contribution in [0, 0.1) is 0 Å². The van der Waals surface area contributed by atoms with Crippen LogP contribution in [0.4, 0.5) is 11.4 Å². The summed E-state index contributed by atoms with van der Waals surface area (Å²) in [5.74, 6) is -0.0333. The summed E-state index contributed by atoms with van der Waals surface area (Å²) in [5.41, 5.74) is 4.66. The van der Waals surface area contributed by atoms with E-state index < -0.39 is 0 Å². The number of carbonyl (C=O) groups excluding carboxylic acids is 2. The molecule has 0 bridgehead atoms. The van der Waals surface area contributed by atoms with E-state index >= 15 is 0 Å². The number of nitrogens with one attached hydrogen (secondary N) is 2. The lowest BCUT2D eigenvalue weighted by Crippen LogP contribution is -2.24. The van der Waals surface area contributed by atoms with E-state index in [-0.39, 0.29) is 11.8 Å². The van der Waals surface area contributed by atoms with Crippen molar-refractivity contribution in [2.75, 3.05) is 24.3 Å². The van der Waals surface area contributed by atoms with Gasteiger partial charge in [0.1, 0.15) is 0 Å². The molecule has 124 valence electrons. The minimum absolute atomic E-state index is 0.0596. The van der Waals surface area contributed by atoms with Crippen LogP contribution in [0.3, 0.4) is 0 Å². The van der Waals surface area contributed by atoms with Gasteiger partial charge in [-0.15, -0.1) is 0 Å². The molecule has 1 aliphatic heterocycles. The number of nitrogens with zero attached hydrogens (tertiary/aromatic N) is 1. The molecule has 0 atom stereocenters. The van der Waals surface area contributed by atoms with Gasteiger partial charge in [-0.2, -0.15) is 0 Å². The van der Waals surface area contributed by atoms with Crippen molar-refractivity contribution in [3.8, 4) is 0 Å². The van der Waals surface area contributed by atoms with Crippen LogP contribution < -0.4 is 15.5 Å². The van der Waals surface area contributed by atoms with Gasteiger partial charge in [-0.25, -0.2) is 0 Å². The Morgan fingerprint density at radius 2 is 2.00 bits per heavy atom. The normalized spacial score (nSPS) is 13.0. The first kappa shape index (κ1) is 16.1. The second-order valence-electron chi connectivity index (χ2n) is 6.17. The van der Waals surface area contributed by atoms with Crippen molar-refractivity contribution in [3.05, 3.63) is 59.2 Å². The Balaban J connectivity index is 1.66. The third-order valence-electron chi connectivity index (χ3n) is 4.14. The molecule has 2 aromatic carbocycles. The van der Waals surface area contributed by atoms with Gasteiger partial charge in [0, 0.05) is 44.0 Å². The number of hydrogen-bond donors (Lipinski definition) is 2. The van der Waals surface area contributed by atoms with Crippen LogP contribution >= 0.6 is 0 Å². The molecule has 5 nitrogen and oxygen atoms in total. The zero-order valence-corrected chi connectivity index (χ0v) is 13.9. The number of anilines is 2. The molecule has 2 aromatic rings. The van der Waals surface area contributed by atoms with Gasteiger partial charge in [0.15, 0.2) is 0 Å². The molecule has 0 aromatic heterocycles. The largest absolute Gasteiger partial charge is 0.378 e. The predicted molar refractivity (Wildman–Crippen MR) is 95.3 cm³/mol. The van der Waals surface area contributed by atoms with Crippen LogP contribution in [0.15, 0.2) is 42.5 Å². The molecule has 0 aliphatic carbocycles. The summed E-state index contributed by atoms with van der Waals surface area (Å²) in [6.45, 7) is 0.465. The van der Waals surface area contributed by atoms with Crippen molar-refractivity contribution in [3.63, 3.8) is 0 Å². The first-order chi connectivity index (χ1) is 11.5. The molecule has 3 rings (SSSR count). The van der Waals surface area contributed by atoms with Gasteiger partial charge in [0.05, 0.1) is 0 Å². The monoisotopic (exact) mass is 323 g/mol. The van der Waals surface area contributed by atoms with Gasteiger partial charge >= 0.3 is 0 Å². The summed E-state index contributed by atoms with van der Waals surface area (Å²) in [5, 5.41) is 5.82. The highest BCUT2D eigenvalue weighted by Gasteiger charge is 2.15. The maximum atomic E-state index is 12.3. The molecule has 0 fully saturated rings. The number of benzene rings is 2. The van der Waals surface area contributed by atoms with Crippen molar-refractivity contribution in [1.29, 1.82) is 0 Å². The van der Waals surface area contributed by atoms with Crippen molar-refractivity contribution in [2.45, 2.75) is 19.4 Å². The summed E-state index contributed by atoms with van der Waals surface area (Å²) in [7, 11) is 3.89. The number of carbonyl (C=O) groups is 2. The van der Waals surface area contributed by atoms with E-state index in [2.05, 4.69) is 10.6 Å². The zero-order valence-electron chi connectivity index (χ0n) is 13.9. The quantitative estimate of drug-likeness (QED) is 0.909. The Labute approximate surface area is 141 Å². The average Bonchev–Trinajstić information content (AvgIpc) is 2.59. The van der Waals surface area contributed by atoms with Gasteiger partial charge in [0.25, 0.3) is 5.91 Å². The van der Waals surface area contributed by atoms with E-state index in [1.165, 1.54) is 0 Å². The molecule has 0 saturated heterocycles. The van der Waals surface area contributed by atoms with Crippen molar-refractivity contribution in [1.82, 2.24) is 5.32 Å². The summed E-state index contributed by atoms with van der Waals surface area (Å²) < 4.78 is 0. The fourth-order valence-corrected chi connectivity index (χ4v) is 2.76. The molecule has 0 unspecified atom stereocenters. The molecule has 1 heterocycles. The number of hydrogen-bond acceptors (Lipinski definition) is 3. The highest BCUT2D eigenvalue weighted by Crippen LogP contribution is 2.23. The summed E-state index contributed by atoms with van der Waals surface area (Å²) in [6.07, 6.45) is 1.26. The van der Waals surface area contributed by atoms with Crippen LogP contribution in [0.5, 0.6) is 0 Å². The highest BCUT2D eigenvalue weighted by molar-refractivity contribution is 5.95. The SMILES string of the molecule is CN(C)c1cccc(C(=O)NCc2ccc3c(c2)CCC(=O)N3)c1. The first-order valence-corrected chi connectivity index (χ1v) is 8.00. The van der Waals surface area contributed by atoms with Crippen molar-refractivity contribution < 1.29 is 9.59 Å². The van der Waals surface area contributed by atoms with Crippen LogP contribution in [0.25, 0.3) is 0 Å². The Hall–Kier alpha value is -2.82. The van der Waals surface area contributed by atoms with Gasteiger partial charge in [0.2, 0.25) is 5.91 Å². The second-order valence-corrected chi connectivity index (χ2v) is 6.17. The fourth-order valence-electron chi connectivity index (χ4n) is 2.76. The van der Waals surface area contributed by atoms with Crippen LogP contribution in [-0.4, -0.2) is 25.9 Å². The standard InChI is InChI=1S/C19H21N3O2/c1-22(2)16-5-3-4-15(11-16)19(24)20-12-13-6-8-17-14(10-13)7-9-18(23)21-17/h3-6,8,10-11H,7,9,12H2,1-2H3,(H,20,24)(H,21,23). The third kappa shape index (κ3) is 3.56. The minimum Gasteiger partial charge on any atom is -0.378 e. The van der Waals surface area contributed by atoms with Gasteiger partial charge in [-0.05, 0) is 41.8 Å². The Morgan fingerprint density at radius 1 is 1.17 bits per heavy atom. The smallest absolute Gasteiger partial charge is 0.251 e. The topological polar surface area (TPSA) is 61.4 Å². The van der Waals surface area contributed by atoms with Gasteiger partial charge in [-0.1, -0.05) is 18.2 Å². The molecule has 2 amide bonds. The second kappa shape index (κ2) is 6.74. The lowest BCUT2D eigenvalue weighted by Gasteiger charge is -2.18. The number of aryl methyl sites for hydroxylation is 1. The number of amides is 2. The fraction of sp³-hybridized carbons (Fsp3) is 0.263. The molecular formula is C19H21N3O2. The molecule has 5 heteroatoms. The maximum absolute atomic E-state index is 12.3. The maximum Gasteiger partial charge on any atom is 0.251 e. The van der Waals surface area contributed by atoms with E-state index in [0.717, 1.165) is 28.9 Å². The molecule has 24 heavy (non-hydrogen) atoms. The van der Waals surface area contributed by atoms with Crippen molar-refractivity contribution in [2.24, 2.45) is 0 Å². The molecule has 0 spiro atoms. The Morgan fingerprint density at radius 3 is 2.79 bits per heavy atom. The molecule has 0 saturated carbocycles.